The predicted octanol–water partition coefficient (Wildman–Crippen LogP) is 3.67. The van der Waals surface area contributed by atoms with Crippen LogP contribution < -0.4 is 9.47 Å². The Morgan fingerprint density at radius 3 is 2.36 bits per heavy atom. The first kappa shape index (κ1) is 19.0. The van der Waals surface area contributed by atoms with E-state index in [2.05, 4.69) is 20.9 Å². The molecule has 5 nitrogen and oxygen atoms in total. The van der Waals surface area contributed by atoms with Gasteiger partial charge in [0.25, 0.3) is 0 Å². The van der Waals surface area contributed by atoms with Crippen LogP contribution in [0.25, 0.3) is 0 Å². The average Bonchev–Trinajstić information content (AvgIpc) is 2.66. The molecule has 0 aliphatic rings. The summed E-state index contributed by atoms with van der Waals surface area (Å²) in [7, 11) is 4.50. The molecule has 25 heavy (non-hydrogen) atoms. The number of ether oxygens (including phenoxy) is 3. The molecule has 2 rings (SSSR count). The summed E-state index contributed by atoms with van der Waals surface area (Å²) in [5.74, 6) is 0.811. The number of esters is 1. The minimum absolute atomic E-state index is 0.372. The van der Waals surface area contributed by atoms with E-state index < -0.39 is 12.0 Å². The molecule has 0 N–H and O–H groups in total. The zero-order chi connectivity index (χ0) is 18.2. The molecule has 0 aliphatic heterocycles. The maximum Gasteiger partial charge on any atom is 0.330 e. The largest absolute Gasteiger partial charge is 0.493 e. The third-order valence-electron chi connectivity index (χ3n) is 3.64. The smallest absolute Gasteiger partial charge is 0.330 e. The Balaban J connectivity index is 2.28. The fourth-order valence-corrected chi connectivity index (χ4v) is 2.79. The molecule has 0 saturated heterocycles. The van der Waals surface area contributed by atoms with E-state index in [1.165, 1.54) is 7.11 Å². The van der Waals surface area contributed by atoms with Crippen LogP contribution in [0.2, 0.25) is 0 Å². The Morgan fingerprint density at radius 1 is 1.12 bits per heavy atom. The monoisotopic (exact) mass is 405 g/mol. The fraction of sp³-hybridized carbons (Fsp3) is 0.263. The molecule has 0 radical (unpaired) electrons. The molecule has 0 bridgehead atoms. The van der Waals surface area contributed by atoms with Gasteiger partial charge >= 0.3 is 5.97 Å². The van der Waals surface area contributed by atoms with E-state index in [-0.39, 0.29) is 0 Å². The van der Waals surface area contributed by atoms with Gasteiger partial charge in [-0.3, -0.25) is 4.99 Å². The molecule has 0 aromatic heterocycles. The number of carbonyl (C=O) groups excluding carboxylic acids is 1. The predicted molar refractivity (Wildman–Crippen MR) is 101 cm³/mol. The molecule has 0 spiro atoms. The normalized spacial score (nSPS) is 12.0. The molecule has 0 fully saturated rings. The summed E-state index contributed by atoms with van der Waals surface area (Å²) < 4.78 is 16.3. The van der Waals surface area contributed by atoms with E-state index in [0.29, 0.717) is 17.9 Å². The number of nitrogens with zero attached hydrogens (tertiary/aromatic N) is 1. The van der Waals surface area contributed by atoms with E-state index >= 15 is 0 Å². The lowest BCUT2D eigenvalue weighted by Crippen LogP contribution is -2.23. The molecule has 132 valence electrons. The number of rotatable bonds is 7. The Hall–Kier alpha value is -2.34. The average molecular weight is 406 g/mol. The molecule has 0 saturated carbocycles. The topological polar surface area (TPSA) is 57.1 Å². The van der Waals surface area contributed by atoms with Crippen LogP contribution in [-0.2, 0) is 16.0 Å². The van der Waals surface area contributed by atoms with Crippen molar-refractivity contribution in [2.75, 3.05) is 21.3 Å². The number of methoxy groups -OCH3 is 3. The molecule has 2 aromatic carbocycles. The number of carbonyl (C=O) groups is 1. The highest BCUT2D eigenvalue weighted by Gasteiger charge is 2.21. The second kappa shape index (κ2) is 9.22. The standard InChI is InChI=1S/C19H20BrNO4/c1-23-17-10-14(15(20)11-18(17)24-2)9-16(19(22)25-3)21-12-13-7-5-4-6-8-13/h4-8,10-12,16H,9H2,1-3H3. The van der Waals surface area contributed by atoms with Crippen LogP contribution in [-0.4, -0.2) is 39.6 Å². The van der Waals surface area contributed by atoms with Crippen molar-refractivity contribution in [1.29, 1.82) is 0 Å². The van der Waals surface area contributed by atoms with Crippen LogP contribution in [0.4, 0.5) is 0 Å². The van der Waals surface area contributed by atoms with Crippen LogP contribution in [0.3, 0.4) is 0 Å². The first-order valence-corrected chi connectivity index (χ1v) is 8.44. The third-order valence-corrected chi connectivity index (χ3v) is 4.38. The number of aliphatic imine (C=N–C) groups is 1. The van der Waals surface area contributed by atoms with Crippen molar-refractivity contribution in [3.8, 4) is 11.5 Å². The van der Waals surface area contributed by atoms with Crippen LogP contribution >= 0.6 is 15.9 Å². The lowest BCUT2D eigenvalue weighted by molar-refractivity contribution is -0.142. The van der Waals surface area contributed by atoms with E-state index in [4.69, 9.17) is 14.2 Å². The zero-order valence-corrected chi connectivity index (χ0v) is 15.9. The van der Waals surface area contributed by atoms with Crippen molar-refractivity contribution in [3.05, 3.63) is 58.1 Å². The Kier molecular flexibility index (Phi) is 7.01. The summed E-state index contributed by atoms with van der Waals surface area (Å²) in [5.41, 5.74) is 1.79. The third kappa shape index (κ3) is 5.06. The van der Waals surface area contributed by atoms with Gasteiger partial charge in [0.15, 0.2) is 17.5 Å². The van der Waals surface area contributed by atoms with Gasteiger partial charge in [0.05, 0.1) is 21.3 Å². The number of benzene rings is 2. The van der Waals surface area contributed by atoms with Gasteiger partial charge < -0.3 is 14.2 Å². The van der Waals surface area contributed by atoms with Crippen LogP contribution in [0.1, 0.15) is 11.1 Å². The van der Waals surface area contributed by atoms with Crippen LogP contribution in [0.15, 0.2) is 51.9 Å². The molecule has 6 heteroatoms. The second-order valence-electron chi connectivity index (χ2n) is 5.23. The van der Waals surface area contributed by atoms with Crippen molar-refractivity contribution < 1.29 is 19.0 Å². The lowest BCUT2D eigenvalue weighted by atomic mass is 10.1. The lowest BCUT2D eigenvalue weighted by Gasteiger charge is -2.15. The minimum Gasteiger partial charge on any atom is -0.493 e. The molecular weight excluding hydrogens is 386 g/mol. The van der Waals surface area contributed by atoms with Crippen LogP contribution in [0.5, 0.6) is 11.5 Å². The van der Waals surface area contributed by atoms with Crippen molar-refractivity contribution in [2.24, 2.45) is 4.99 Å². The van der Waals surface area contributed by atoms with Crippen molar-refractivity contribution >= 4 is 28.1 Å². The zero-order valence-electron chi connectivity index (χ0n) is 14.4. The van der Waals surface area contributed by atoms with Gasteiger partial charge in [0, 0.05) is 17.1 Å². The molecule has 1 atom stereocenters. The summed E-state index contributed by atoms with van der Waals surface area (Å²) in [5, 5.41) is 0. The van der Waals surface area contributed by atoms with Gasteiger partial charge in [0.2, 0.25) is 0 Å². The van der Waals surface area contributed by atoms with Crippen molar-refractivity contribution in [1.82, 2.24) is 0 Å². The van der Waals surface area contributed by atoms with Crippen LogP contribution in [0, 0.1) is 0 Å². The molecule has 0 heterocycles. The summed E-state index contributed by atoms with van der Waals surface area (Å²) >= 11 is 3.51. The van der Waals surface area contributed by atoms with E-state index in [0.717, 1.165) is 15.6 Å². The second-order valence-corrected chi connectivity index (χ2v) is 6.08. The van der Waals surface area contributed by atoms with Gasteiger partial charge in [0.1, 0.15) is 0 Å². The summed E-state index contributed by atoms with van der Waals surface area (Å²) in [6.07, 6.45) is 2.05. The Labute approximate surface area is 155 Å². The highest BCUT2D eigenvalue weighted by Crippen LogP contribution is 2.34. The van der Waals surface area contributed by atoms with E-state index in [1.54, 1.807) is 20.4 Å². The molecule has 0 amide bonds. The van der Waals surface area contributed by atoms with Gasteiger partial charge in [-0.15, -0.1) is 0 Å². The minimum atomic E-state index is -0.653. The summed E-state index contributed by atoms with van der Waals surface area (Å²) in [4.78, 5) is 16.5. The molecule has 2 aromatic rings. The molecule has 1 unspecified atom stereocenters. The van der Waals surface area contributed by atoms with Gasteiger partial charge in [-0.2, -0.15) is 0 Å². The fourth-order valence-electron chi connectivity index (χ4n) is 2.31. The summed E-state index contributed by atoms with van der Waals surface area (Å²) in [6, 6.07) is 12.6. The van der Waals surface area contributed by atoms with E-state index in [9.17, 15) is 4.79 Å². The maximum atomic E-state index is 12.1. The maximum absolute atomic E-state index is 12.1. The first-order valence-electron chi connectivity index (χ1n) is 7.65. The Morgan fingerprint density at radius 2 is 1.76 bits per heavy atom. The van der Waals surface area contributed by atoms with Gasteiger partial charge in [-0.05, 0) is 23.3 Å². The first-order chi connectivity index (χ1) is 12.1. The summed E-state index contributed by atoms with van der Waals surface area (Å²) in [6.45, 7) is 0. The Bertz CT molecular complexity index is 747. The highest BCUT2D eigenvalue weighted by atomic mass is 79.9. The quantitative estimate of drug-likeness (QED) is 0.520. The SMILES string of the molecule is COC(=O)C(Cc1cc(OC)c(OC)cc1Br)N=Cc1ccccc1. The molecule has 0 aliphatic carbocycles. The highest BCUT2D eigenvalue weighted by molar-refractivity contribution is 9.10. The number of halogens is 1. The van der Waals surface area contributed by atoms with Gasteiger partial charge in [-0.1, -0.05) is 46.3 Å². The van der Waals surface area contributed by atoms with Crippen molar-refractivity contribution in [2.45, 2.75) is 12.5 Å². The number of hydrogen-bond acceptors (Lipinski definition) is 5. The number of hydrogen-bond donors (Lipinski definition) is 0. The van der Waals surface area contributed by atoms with E-state index in [1.807, 2.05) is 42.5 Å². The van der Waals surface area contributed by atoms with Crippen molar-refractivity contribution in [3.63, 3.8) is 0 Å². The van der Waals surface area contributed by atoms with Gasteiger partial charge in [-0.25, -0.2) is 4.79 Å². The molecular formula is C19H20BrNO4.